The first kappa shape index (κ1) is 15.2. The number of nitrogens with zero attached hydrogens (tertiary/aromatic N) is 1. The van der Waals surface area contributed by atoms with E-state index >= 15 is 0 Å². The summed E-state index contributed by atoms with van der Waals surface area (Å²) in [6.07, 6.45) is 2.49. The molecule has 0 unspecified atom stereocenters. The van der Waals surface area contributed by atoms with Crippen LogP contribution < -0.4 is 5.32 Å². The Morgan fingerprint density at radius 2 is 2.06 bits per heavy atom. The largest absolute Gasteiger partial charge is 0.432 e. The Morgan fingerprint density at radius 1 is 1.39 bits per heavy atom. The molecule has 0 radical (unpaired) electrons. The number of amides is 2. The molecule has 0 spiro atoms. The number of carbonyl (C=O) groups excluding carboxylic acids is 2. The number of nitrogens with one attached hydrogen (secondary N) is 1. The van der Waals surface area contributed by atoms with Gasteiger partial charge in [-0.25, -0.2) is 9.69 Å². The molecule has 1 N–H and O–H groups in total. The van der Waals surface area contributed by atoms with E-state index in [9.17, 15) is 9.59 Å². The number of piperidine rings is 1. The van der Waals surface area contributed by atoms with Crippen molar-refractivity contribution in [1.29, 1.82) is 0 Å². The predicted octanol–water partition coefficient (Wildman–Crippen LogP) is 1.70. The summed E-state index contributed by atoms with van der Waals surface area (Å²) in [5.41, 5.74) is -0.908. The molecule has 2 amide bonds. The standard InChI is InChI=1S/C12H20N2O3.ClH/c1-3-12(4-2)10(15)14(11(16)17-12)9-6-5-7-13-8-9;/h9,13H,3-8H2,1-2H3;1H/t9-;/m0./s1. The van der Waals surface area contributed by atoms with Crippen LogP contribution in [0.25, 0.3) is 0 Å². The number of rotatable bonds is 3. The number of ether oxygens (including phenoxy) is 1. The van der Waals surface area contributed by atoms with Gasteiger partial charge in [-0.05, 0) is 32.2 Å². The van der Waals surface area contributed by atoms with E-state index in [4.69, 9.17) is 4.74 Å². The number of carbonyl (C=O) groups is 2. The van der Waals surface area contributed by atoms with Gasteiger partial charge >= 0.3 is 6.09 Å². The molecule has 2 aliphatic heterocycles. The van der Waals surface area contributed by atoms with E-state index in [-0.39, 0.29) is 24.4 Å². The monoisotopic (exact) mass is 276 g/mol. The van der Waals surface area contributed by atoms with Crippen LogP contribution in [0.3, 0.4) is 0 Å². The molecule has 0 bridgehead atoms. The van der Waals surface area contributed by atoms with Gasteiger partial charge in [0.15, 0.2) is 5.60 Å². The lowest BCUT2D eigenvalue weighted by molar-refractivity contribution is -0.138. The van der Waals surface area contributed by atoms with E-state index in [1.807, 2.05) is 13.8 Å². The van der Waals surface area contributed by atoms with Crippen molar-refractivity contribution < 1.29 is 14.3 Å². The summed E-state index contributed by atoms with van der Waals surface area (Å²) < 4.78 is 5.34. The molecule has 18 heavy (non-hydrogen) atoms. The summed E-state index contributed by atoms with van der Waals surface area (Å²) in [6, 6.07) is -0.0382. The summed E-state index contributed by atoms with van der Waals surface area (Å²) in [5.74, 6) is -0.152. The van der Waals surface area contributed by atoms with Gasteiger partial charge in [-0.3, -0.25) is 4.79 Å². The van der Waals surface area contributed by atoms with Crippen LogP contribution >= 0.6 is 12.4 Å². The van der Waals surface area contributed by atoms with Gasteiger partial charge in [-0.1, -0.05) is 13.8 Å². The zero-order valence-corrected chi connectivity index (χ0v) is 11.7. The van der Waals surface area contributed by atoms with E-state index < -0.39 is 11.7 Å². The minimum atomic E-state index is -0.908. The lowest BCUT2D eigenvalue weighted by Gasteiger charge is -2.29. The van der Waals surface area contributed by atoms with Crippen LogP contribution in [0.5, 0.6) is 0 Å². The maximum absolute atomic E-state index is 12.4. The zero-order chi connectivity index (χ0) is 12.5. The first-order chi connectivity index (χ1) is 8.14. The van der Waals surface area contributed by atoms with Crippen molar-refractivity contribution in [2.75, 3.05) is 13.1 Å². The molecule has 1 atom stereocenters. The highest BCUT2D eigenvalue weighted by Crippen LogP contribution is 2.33. The smallest absolute Gasteiger partial charge is 0.418 e. The third-order valence-electron chi connectivity index (χ3n) is 3.87. The summed E-state index contributed by atoms with van der Waals surface area (Å²) >= 11 is 0. The van der Waals surface area contributed by atoms with Crippen molar-refractivity contribution in [2.24, 2.45) is 0 Å². The second kappa shape index (κ2) is 5.89. The fourth-order valence-corrected chi connectivity index (χ4v) is 2.63. The minimum absolute atomic E-state index is 0. The molecule has 104 valence electrons. The van der Waals surface area contributed by atoms with Crippen molar-refractivity contribution in [3.63, 3.8) is 0 Å². The molecule has 0 saturated carbocycles. The van der Waals surface area contributed by atoms with Crippen LogP contribution in [-0.4, -0.2) is 41.6 Å². The SMILES string of the molecule is CCC1(CC)OC(=O)N([C@H]2CCCNC2)C1=O.Cl. The van der Waals surface area contributed by atoms with E-state index in [1.54, 1.807) is 0 Å². The summed E-state index contributed by atoms with van der Waals surface area (Å²) in [7, 11) is 0. The van der Waals surface area contributed by atoms with Crippen molar-refractivity contribution in [3.05, 3.63) is 0 Å². The molecule has 0 aliphatic carbocycles. The molecule has 2 heterocycles. The van der Waals surface area contributed by atoms with Crippen molar-refractivity contribution in [3.8, 4) is 0 Å². The van der Waals surface area contributed by atoms with Gasteiger partial charge in [0.05, 0.1) is 6.04 Å². The van der Waals surface area contributed by atoms with E-state index in [0.29, 0.717) is 19.4 Å². The van der Waals surface area contributed by atoms with Crippen molar-refractivity contribution >= 4 is 24.4 Å². The molecule has 2 saturated heterocycles. The van der Waals surface area contributed by atoms with Crippen molar-refractivity contribution in [2.45, 2.75) is 51.2 Å². The Balaban J connectivity index is 0.00000162. The van der Waals surface area contributed by atoms with Gasteiger partial charge in [-0.2, -0.15) is 0 Å². The molecule has 5 nitrogen and oxygen atoms in total. The van der Waals surface area contributed by atoms with Gasteiger partial charge in [0.1, 0.15) is 0 Å². The second-order valence-corrected chi connectivity index (χ2v) is 4.74. The third-order valence-corrected chi connectivity index (χ3v) is 3.87. The van der Waals surface area contributed by atoms with Crippen molar-refractivity contribution in [1.82, 2.24) is 10.2 Å². The van der Waals surface area contributed by atoms with Crippen LogP contribution in [0.2, 0.25) is 0 Å². The lowest BCUT2D eigenvalue weighted by Crippen LogP contribution is -2.50. The average molecular weight is 277 g/mol. The van der Waals surface area contributed by atoms with Crippen LogP contribution in [0.4, 0.5) is 4.79 Å². The minimum Gasteiger partial charge on any atom is -0.432 e. The Morgan fingerprint density at radius 3 is 2.50 bits per heavy atom. The third kappa shape index (κ3) is 2.34. The Hall–Kier alpha value is -0.810. The summed E-state index contributed by atoms with van der Waals surface area (Å²) in [5, 5.41) is 3.21. The normalized spacial score (nSPS) is 26.8. The van der Waals surface area contributed by atoms with Crippen LogP contribution in [0.15, 0.2) is 0 Å². The molecule has 2 aliphatic rings. The maximum Gasteiger partial charge on any atom is 0.418 e. The highest BCUT2D eigenvalue weighted by molar-refractivity contribution is 6.03. The van der Waals surface area contributed by atoms with Crippen LogP contribution in [-0.2, 0) is 9.53 Å². The van der Waals surface area contributed by atoms with Crippen LogP contribution in [0, 0.1) is 0 Å². The van der Waals surface area contributed by atoms with Crippen LogP contribution in [0.1, 0.15) is 39.5 Å². The first-order valence-electron chi connectivity index (χ1n) is 6.42. The van der Waals surface area contributed by atoms with Gasteiger partial charge in [0.2, 0.25) is 0 Å². The van der Waals surface area contributed by atoms with Gasteiger partial charge in [0.25, 0.3) is 5.91 Å². The number of hydrogen-bond donors (Lipinski definition) is 1. The quantitative estimate of drug-likeness (QED) is 0.852. The second-order valence-electron chi connectivity index (χ2n) is 4.74. The fraction of sp³-hybridized carbons (Fsp3) is 0.833. The predicted molar refractivity (Wildman–Crippen MR) is 69.8 cm³/mol. The highest BCUT2D eigenvalue weighted by atomic mass is 35.5. The Labute approximate surface area is 114 Å². The number of imide groups is 1. The lowest BCUT2D eigenvalue weighted by atomic mass is 9.95. The van der Waals surface area contributed by atoms with Gasteiger partial charge < -0.3 is 10.1 Å². The number of hydrogen-bond acceptors (Lipinski definition) is 4. The Kier molecular flexibility index (Phi) is 4.99. The molecular formula is C12H21ClN2O3. The zero-order valence-electron chi connectivity index (χ0n) is 10.9. The van der Waals surface area contributed by atoms with Gasteiger partial charge in [0, 0.05) is 6.54 Å². The molecule has 0 aromatic carbocycles. The van der Waals surface area contributed by atoms with E-state index in [2.05, 4.69) is 5.32 Å². The molecule has 0 aromatic rings. The first-order valence-corrected chi connectivity index (χ1v) is 6.42. The van der Waals surface area contributed by atoms with E-state index in [1.165, 1.54) is 4.90 Å². The molecule has 2 rings (SSSR count). The summed E-state index contributed by atoms with van der Waals surface area (Å²) in [4.78, 5) is 25.6. The number of cyclic esters (lactones) is 1. The topological polar surface area (TPSA) is 58.6 Å². The van der Waals surface area contributed by atoms with E-state index in [0.717, 1.165) is 19.4 Å². The number of halogens is 1. The fourth-order valence-electron chi connectivity index (χ4n) is 2.63. The highest BCUT2D eigenvalue weighted by Gasteiger charge is 2.53. The summed E-state index contributed by atoms with van der Waals surface area (Å²) in [6.45, 7) is 5.42. The molecule has 2 fully saturated rings. The average Bonchev–Trinajstić information content (AvgIpc) is 2.62. The Bertz CT molecular complexity index is 325. The molecular weight excluding hydrogens is 256 g/mol. The maximum atomic E-state index is 12.4. The van der Waals surface area contributed by atoms with Gasteiger partial charge in [-0.15, -0.1) is 12.4 Å². The molecule has 0 aromatic heterocycles. The molecule has 6 heteroatoms.